The molecule has 2 aromatic rings. The van der Waals surface area contributed by atoms with Crippen molar-refractivity contribution in [3.63, 3.8) is 0 Å². The minimum absolute atomic E-state index is 0.346. The SMILES string of the molecule is CC(C)c1ccnn1CCF.Cc1nocc1C(C)C. The van der Waals surface area contributed by atoms with E-state index >= 15 is 0 Å². The van der Waals surface area contributed by atoms with Crippen LogP contribution in [0.4, 0.5) is 4.39 Å². The summed E-state index contributed by atoms with van der Waals surface area (Å²) in [5.74, 6) is 0.945. The third kappa shape index (κ3) is 4.47. The standard InChI is InChI=1S/C8H13FN2.C7H11NO/c1-7(2)8-3-5-10-11(8)6-4-9;1-5(2)7-4-9-8-6(7)3/h3,5,7H,4,6H2,1-2H3;4-5H,1-3H3. The Labute approximate surface area is 120 Å². The summed E-state index contributed by atoms with van der Waals surface area (Å²) in [6.07, 6.45) is 3.42. The lowest BCUT2D eigenvalue weighted by molar-refractivity contribution is 0.414. The number of alkyl halides is 1. The fourth-order valence-corrected chi connectivity index (χ4v) is 1.95. The van der Waals surface area contributed by atoms with Gasteiger partial charge >= 0.3 is 0 Å². The first-order valence-corrected chi connectivity index (χ1v) is 6.95. The predicted molar refractivity (Wildman–Crippen MR) is 77.6 cm³/mol. The molecule has 112 valence electrons. The molecule has 0 aliphatic carbocycles. The van der Waals surface area contributed by atoms with E-state index in [1.807, 2.05) is 13.0 Å². The van der Waals surface area contributed by atoms with E-state index in [1.54, 1.807) is 17.1 Å². The Balaban J connectivity index is 0.000000204. The number of hydrogen-bond donors (Lipinski definition) is 0. The van der Waals surface area contributed by atoms with Gasteiger partial charge in [-0.25, -0.2) is 4.39 Å². The molecule has 0 saturated carbocycles. The highest BCUT2D eigenvalue weighted by molar-refractivity contribution is 5.16. The van der Waals surface area contributed by atoms with Gasteiger partial charge in [-0.05, 0) is 24.8 Å². The number of aromatic nitrogens is 3. The Bertz CT molecular complexity index is 503. The number of nitrogens with zero attached hydrogens (tertiary/aromatic N) is 3. The Morgan fingerprint density at radius 1 is 1.25 bits per heavy atom. The fourth-order valence-electron chi connectivity index (χ4n) is 1.95. The van der Waals surface area contributed by atoms with E-state index in [2.05, 4.69) is 38.0 Å². The summed E-state index contributed by atoms with van der Waals surface area (Å²) < 4.78 is 18.4. The number of halogens is 1. The van der Waals surface area contributed by atoms with E-state index in [0.717, 1.165) is 11.4 Å². The Morgan fingerprint density at radius 2 is 1.95 bits per heavy atom. The van der Waals surface area contributed by atoms with Crippen molar-refractivity contribution >= 4 is 0 Å². The lowest BCUT2D eigenvalue weighted by atomic mass is 10.1. The van der Waals surface area contributed by atoms with Crippen LogP contribution >= 0.6 is 0 Å². The van der Waals surface area contributed by atoms with Crippen LogP contribution in [-0.4, -0.2) is 21.6 Å². The molecule has 2 heterocycles. The van der Waals surface area contributed by atoms with E-state index in [-0.39, 0.29) is 6.67 Å². The highest BCUT2D eigenvalue weighted by Gasteiger charge is 2.05. The largest absolute Gasteiger partial charge is 0.364 e. The summed E-state index contributed by atoms with van der Waals surface area (Å²) in [6.45, 7) is 10.4. The average Bonchev–Trinajstić information content (AvgIpc) is 2.99. The maximum absolute atomic E-state index is 11.9. The van der Waals surface area contributed by atoms with Gasteiger partial charge in [0.15, 0.2) is 0 Å². The van der Waals surface area contributed by atoms with E-state index in [0.29, 0.717) is 18.4 Å². The van der Waals surface area contributed by atoms with Crippen LogP contribution in [0.5, 0.6) is 0 Å². The summed E-state index contributed by atoms with van der Waals surface area (Å²) in [7, 11) is 0. The second kappa shape index (κ2) is 7.82. The monoisotopic (exact) mass is 281 g/mol. The van der Waals surface area contributed by atoms with Gasteiger partial charge in [0.2, 0.25) is 0 Å². The second-order valence-corrected chi connectivity index (χ2v) is 5.33. The molecule has 0 saturated heterocycles. The smallest absolute Gasteiger partial charge is 0.127 e. The summed E-state index contributed by atoms with van der Waals surface area (Å²) in [5, 5.41) is 7.77. The molecular weight excluding hydrogens is 257 g/mol. The van der Waals surface area contributed by atoms with Crippen LogP contribution in [0.15, 0.2) is 23.0 Å². The molecule has 5 heteroatoms. The minimum Gasteiger partial charge on any atom is -0.364 e. The molecule has 0 atom stereocenters. The molecule has 2 rings (SSSR count). The highest BCUT2D eigenvalue weighted by Crippen LogP contribution is 2.16. The summed E-state index contributed by atoms with van der Waals surface area (Å²) in [4.78, 5) is 0. The molecule has 0 radical (unpaired) electrons. The molecule has 2 aromatic heterocycles. The quantitative estimate of drug-likeness (QED) is 0.848. The zero-order valence-electron chi connectivity index (χ0n) is 12.9. The molecule has 0 bridgehead atoms. The van der Waals surface area contributed by atoms with Crippen LogP contribution in [0.3, 0.4) is 0 Å². The molecule has 20 heavy (non-hydrogen) atoms. The molecule has 0 aliphatic rings. The van der Waals surface area contributed by atoms with Crippen LogP contribution in [-0.2, 0) is 6.54 Å². The maximum Gasteiger partial charge on any atom is 0.127 e. The van der Waals surface area contributed by atoms with Crippen molar-refractivity contribution in [1.82, 2.24) is 14.9 Å². The van der Waals surface area contributed by atoms with Crippen LogP contribution in [0.1, 0.15) is 56.5 Å². The molecule has 0 spiro atoms. The van der Waals surface area contributed by atoms with Crippen LogP contribution in [0.2, 0.25) is 0 Å². The van der Waals surface area contributed by atoms with Crippen molar-refractivity contribution in [2.24, 2.45) is 0 Å². The van der Waals surface area contributed by atoms with E-state index in [1.165, 1.54) is 5.56 Å². The molecular formula is C15H24FN3O. The molecule has 0 fully saturated rings. The minimum atomic E-state index is -0.346. The zero-order chi connectivity index (χ0) is 15.1. The van der Waals surface area contributed by atoms with Crippen molar-refractivity contribution in [2.75, 3.05) is 6.67 Å². The number of rotatable bonds is 4. The van der Waals surface area contributed by atoms with Crippen LogP contribution in [0, 0.1) is 6.92 Å². The zero-order valence-corrected chi connectivity index (χ0v) is 12.9. The molecule has 0 unspecified atom stereocenters. The first-order chi connectivity index (χ1) is 9.47. The Kier molecular flexibility index (Phi) is 6.42. The molecule has 0 aromatic carbocycles. The third-order valence-corrected chi connectivity index (χ3v) is 3.05. The average molecular weight is 281 g/mol. The van der Waals surface area contributed by atoms with Gasteiger partial charge in [0.25, 0.3) is 0 Å². The normalized spacial score (nSPS) is 10.8. The van der Waals surface area contributed by atoms with Crippen molar-refractivity contribution < 1.29 is 8.91 Å². The first-order valence-electron chi connectivity index (χ1n) is 6.95. The lowest BCUT2D eigenvalue weighted by Gasteiger charge is -2.07. The van der Waals surface area contributed by atoms with Gasteiger partial charge in [0, 0.05) is 17.5 Å². The Morgan fingerprint density at radius 3 is 2.35 bits per heavy atom. The van der Waals surface area contributed by atoms with Gasteiger partial charge in [-0.15, -0.1) is 0 Å². The summed E-state index contributed by atoms with van der Waals surface area (Å²) in [5.41, 5.74) is 3.31. The van der Waals surface area contributed by atoms with Crippen molar-refractivity contribution in [2.45, 2.75) is 53.0 Å². The Hall–Kier alpha value is -1.65. The highest BCUT2D eigenvalue weighted by atomic mass is 19.1. The van der Waals surface area contributed by atoms with Gasteiger partial charge in [-0.1, -0.05) is 32.9 Å². The van der Waals surface area contributed by atoms with Gasteiger partial charge in [-0.2, -0.15) is 5.10 Å². The van der Waals surface area contributed by atoms with Crippen molar-refractivity contribution in [3.05, 3.63) is 35.5 Å². The topological polar surface area (TPSA) is 43.9 Å². The molecule has 4 nitrogen and oxygen atoms in total. The molecule has 0 amide bonds. The van der Waals surface area contributed by atoms with Crippen molar-refractivity contribution in [1.29, 1.82) is 0 Å². The first kappa shape index (κ1) is 16.4. The van der Waals surface area contributed by atoms with Crippen LogP contribution in [0.25, 0.3) is 0 Å². The van der Waals surface area contributed by atoms with Gasteiger partial charge < -0.3 is 4.52 Å². The lowest BCUT2D eigenvalue weighted by Crippen LogP contribution is -2.07. The summed E-state index contributed by atoms with van der Waals surface area (Å²) in [6, 6.07) is 1.93. The number of aryl methyl sites for hydroxylation is 2. The van der Waals surface area contributed by atoms with Gasteiger partial charge in [0.1, 0.15) is 12.9 Å². The van der Waals surface area contributed by atoms with Gasteiger partial charge in [0.05, 0.1) is 12.2 Å². The van der Waals surface area contributed by atoms with Crippen molar-refractivity contribution in [3.8, 4) is 0 Å². The maximum atomic E-state index is 11.9. The number of hydrogen-bond acceptors (Lipinski definition) is 3. The third-order valence-electron chi connectivity index (χ3n) is 3.05. The van der Waals surface area contributed by atoms with E-state index < -0.39 is 0 Å². The van der Waals surface area contributed by atoms with Gasteiger partial charge in [-0.3, -0.25) is 4.68 Å². The van der Waals surface area contributed by atoms with Crippen LogP contribution < -0.4 is 0 Å². The fraction of sp³-hybridized carbons (Fsp3) is 0.600. The second-order valence-electron chi connectivity index (χ2n) is 5.33. The van der Waals surface area contributed by atoms with E-state index in [4.69, 9.17) is 4.52 Å². The molecule has 0 N–H and O–H groups in total. The predicted octanol–water partition coefficient (Wildman–Crippen LogP) is 4.08. The summed E-state index contributed by atoms with van der Waals surface area (Å²) >= 11 is 0. The van der Waals surface area contributed by atoms with E-state index in [9.17, 15) is 4.39 Å². The molecule has 0 aliphatic heterocycles.